The number of rotatable bonds is 11. The number of thioether (sulfide) groups is 1. The van der Waals surface area contributed by atoms with Crippen LogP contribution >= 0.6 is 55.0 Å². The molecule has 0 atom stereocenters. The van der Waals surface area contributed by atoms with E-state index < -0.39 is 0 Å². The van der Waals surface area contributed by atoms with Crippen molar-refractivity contribution in [1.82, 2.24) is 15.6 Å². The molecule has 1 N–H and O–H groups in total. The maximum absolute atomic E-state index is 12.3. The highest BCUT2D eigenvalue weighted by Gasteiger charge is 2.13. The molecule has 0 unspecified atom stereocenters. The lowest BCUT2D eigenvalue weighted by Gasteiger charge is -2.15. The third kappa shape index (κ3) is 8.13. The number of hydrogen-bond donors (Lipinski definition) is 1. The quantitative estimate of drug-likeness (QED) is 0.106. The Bertz CT molecular complexity index is 1380. The summed E-state index contributed by atoms with van der Waals surface area (Å²) < 4.78 is 14.3. The summed E-state index contributed by atoms with van der Waals surface area (Å²) in [6, 6.07) is 21.4. The van der Waals surface area contributed by atoms with Crippen LogP contribution in [0.4, 0.5) is 0 Å². The first-order valence-corrected chi connectivity index (χ1v) is 14.6. The van der Waals surface area contributed by atoms with Gasteiger partial charge in [0, 0.05) is 10.0 Å². The summed E-state index contributed by atoms with van der Waals surface area (Å²) in [7, 11) is 0. The van der Waals surface area contributed by atoms with Gasteiger partial charge < -0.3 is 9.47 Å². The highest BCUT2D eigenvalue weighted by atomic mass is 79.9. The lowest BCUT2D eigenvalue weighted by molar-refractivity contribution is -0.118. The Hall–Kier alpha value is -2.73. The maximum Gasteiger partial charge on any atom is 0.250 e. The molecule has 190 valence electrons. The minimum atomic E-state index is -0.240. The molecule has 11 heteroatoms. The van der Waals surface area contributed by atoms with Gasteiger partial charge in [-0.25, -0.2) is 5.43 Å². The second-order valence-electron chi connectivity index (χ2n) is 7.50. The molecule has 1 aromatic heterocycles. The van der Waals surface area contributed by atoms with Crippen LogP contribution in [-0.4, -0.2) is 34.7 Å². The zero-order valence-electron chi connectivity index (χ0n) is 19.7. The van der Waals surface area contributed by atoms with Crippen molar-refractivity contribution >= 4 is 67.1 Å². The van der Waals surface area contributed by atoms with Crippen LogP contribution in [0.2, 0.25) is 0 Å². The van der Waals surface area contributed by atoms with Gasteiger partial charge in [0.25, 0.3) is 5.91 Å². The van der Waals surface area contributed by atoms with Gasteiger partial charge in [-0.05, 0) is 58.2 Å². The van der Waals surface area contributed by atoms with E-state index in [1.54, 1.807) is 6.21 Å². The second-order valence-corrected chi connectivity index (χ2v) is 11.5. The van der Waals surface area contributed by atoms with E-state index in [9.17, 15) is 4.79 Å². The SMILES string of the molecule is CCOc1cc(C=NNC(=O)CSc2nnc(-c3ccccc3)s2)cc(Br)c1OCc1cccc(Br)c1. The number of nitrogens with zero attached hydrogens (tertiary/aromatic N) is 3. The van der Waals surface area contributed by atoms with Crippen molar-refractivity contribution in [2.75, 3.05) is 12.4 Å². The van der Waals surface area contributed by atoms with E-state index in [1.807, 2.05) is 73.7 Å². The average molecular weight is 662 g/mol. The highest BCUT2D eigenvalue weighted by molar-refractivity contribution is 9.10. The molecule has 1 heterocycles. The fourth-order valence-electron chi connectivity index (χ4n) is 3.15. The van der Waals surface area contributed by atoms with Crippen molar-refractivity contribution in [3.63, 3.8) is 0 Å². The summed E-state index contributed by atoms with van der Waals surface area (Å²) in [4.78, 5) is 12.3. The van der Waals surface area contributed by atoms with Gasteiger partial charge in [0.2, 0.25) is 0 Å². The number of nitrogens with one attached hydrogen (secondary N) is 1. The van der Waals surface area contributed by atoms with Gasteiger partial charge in [-0.3, -0.25) is 4.79 Å². The number of ether oxygens (including phenoxy) is 2. The van der Waals surface area contributed by atoms with Gasteiger partial charge in [-0.15, -0.1) is 10.2 Å². The largest absolute Gasteiger partial charge is 0.490 e. The van der Waals surface area contributed by atoms with Gasteiger partial charge in [-0.2, -0.15) is 5.10 Å². The summed E-state index contributed by atoms with van der Waals surface area (Å²) in [6.07, 6.45) is 1.56. The number of amides is 1. The van der Waals surface area contributed by atoms with Crippen molar-refractivity contribution < 1.29 is 14.3 Å². The topological polar surface area (TPSA) is 85.7 Å². The Balaban J connectivity index is 1.33. The zero-order valence-corrected chi connectivity index (χ0v) is 24.5. The fourth-order valence-corrected chi connectivity index (χ4v) is 5.82. The summed E-state index contributed by atoms with van der Waals surface area (Å²) >= 11 is 9.81. The number of carbonyl (C=O) groups excluding carboxylic acids is 1. The zero-order chi connectivity index (χ0) is 26.0. The molecular weight excluding hydrogens is 640 g/mol. The van der Waals surface area contributed by atoms with E-state index in [1.165, 1.54) is 23.1 Å². The lowest BCUT2D eigenvalue weighted by Crippen LogP contribution is -2.19. The van der Waals surface area contributed by atoms with Gasteiger partial charge in [0.05, 0.1) is 23.0 Å². The first-order valence-electron chi connectivity index (χ1n) is 11.2. The first-order chi connectivity index (χ1) is 18.0. The van der Waals surface area contributed by atoms with Gasteiger partial charge in [-0.1, -0.05) is 81.5 Å². The predicted molar refractivity (Wildman–Crippen MR) is 156 cm³/mol. The van der Waals surface area contributed by atoms with Crippen LogP contribution in [0.15, 0.2) is 85.1 Å². The molecule has 0 fully saturated rings. The molecule has 0 spiro atoms. The van der Waals surface area contributed by atoms with Crippen LogP contribution < -0.4 is 14.9 Å². The normalized spacial score (nSPS) is 11.0. The van der Waals surface area contributed by atoms with Crippen molar-refractivity contribution in [2.24, 2.45) is 5.10 Å². The van der Waals surface area contributed by atoms with Crippen LogP contribution in [0.1, 0.15) is 18.1 Å². The summed E-state index contributed by atoms with van der Waals surface area (Å²) in [5.41, 5.74) is 5.33. The van der Waals surface area contributed by atoms with Gasteiger partial charge >= 0.3 is 0 Å². The summed E-state index contributed by atoms with van der Waals surface area (Å²) in [6.45, 7) is 2.78. The summed E-state index contributed by atoms with van der Waals surface area (Å²) in [5, 5.41) is 13.3. The number of aromatic nitrogens is 2. The van der Waals surface area contributed by atoms with Crippen LogP contribution in [0.5, 0.6) is 11.5 Å². The minimum absolute atomic E-state index is 0.178. The smallest absolute Gasteiger partial charge is 0.250 e. The van der Waals surface area contributed by atoms with Gasteiger partial charge in [0.1, 0.15) is 11.6 Å². The molecule has 37 heavy (non-hydrogen) atoms. The Morgan fingerprint density at radius 1 is 1.08 bits per heavy atom. The van der Waals surface area contributed by atoms with Crippen molar-refractivity contribution in [3.8, 4) is 22.1 Å². The third-order valence-electron chi connectivity index (χ3n) is 4.76. The lowest BCUT2D eigenvalue weighted by atomic mass is 10.2. The number of carbonyl (C=O) groups is 1. The molecule has 7 nitrogen and oxygen atoms in total. The van der Waals surface area contributed by atoms with E-state index in [0.29, 0.717) is 24.7 Å². The molecule has 4 aromatic rings. The van der Waals surface area contributed by atoms with Crippen LogP contribution in [0, 0.1) is 0 Å². The van der Waals surface area contributed by atoms with Crippen molar-refractivity contribution in [3.05, 3.63) is 86.8 Å². The molecule has 0 saturated heterocycles. The van der Waals surface area contributed by atoms with E-state index in [2.05, 4.69) is 52.6 Å². The Morgan fingerprint density at radius 3 is 2.70 bits per heavy atom. The highest BCUT2D eigenvalue weighted by Crippen LogP contribution is 2.37. The molecule has 0 aliphatic heterocycles. The van der Waals surface area contributed by atoms with Crippen LogP contribution in [0.25, 0.3) is 10.6 Å². The molecule has 0 saturated carbocycles. The summed E-state index contributed by atoms with van der Waals surface area (Å²) in [5.74, 6) is 1.12. The van der Waals surface area contributed by atoms with E-state index in [-0.39, 0.29) is 11.7 Å². The maximum atomic E-state index is 12.3. The van der Waals surface area contributed by atoms with Crippen molar-refractivity contribution in [2.45, 2.75) is 17.9 Å². The number of hydrogen-bond acceptors (Lipinski definition) is 8. The van der Waals surface area contributed by atoms with Crippen molar-refractivity contribution in [1.29, 1.82) is 0 Å². The Morgan fingerprint density at radius 2 is 1.92 bits per heavy atom. The Kier molecular flexibility index (Phi) is 10.1. The molecule has 4 rings (SSSR count). The minimum Gasteiger partial charge on any atom is -0.490 e. The van der Waals surface area contributed by atoms with Crippen LogP contribution in [0.3, 0.4) is 0 Å². The Labute approximate surface area is 240 Å². The van der Waals surface area contributed by atoms with E-state index in [4.69, 9.17) is 9.47 Å². The van der Waals surface area contributed by atoms with E-state index >= 15 is 0 Å². The first kappa shape index (κ1) is 27.3. The number of benzene rings is 3. The molecule has 0 aliphatic rings. The number of hydrazone groups is 1. The molecule has 0 radical (unpaired) electrons. The van der Waals surface area contributed by atoms with Crippen LogP contribution in [-0.2, 0) is 11.4 Å². The number of halogens is 2. The molecule has 3 aromatic carbocycles. The molecular formula is C26H22Br2N4O3S2. The van der Waals surface area contributed by atoms with E-state index in [0.717, 1.165) is 35.0 Å². The average Bonchev–Trinajstić information content (AvgIpc) is 3.37. The standard InChI is InChI=1S/C26H22Br2N4O3S2/c1-2-34-22-13-18(12-21(28)24(22)35-15-17-7-6-10-20(27)11-17)14-29-30-23(33)16-36-26-32-31-25(37-26)19-8-4-3-5-9-19/h3-14H,2,15-16H2,1H3,(H,30,33). The third-order valence-corrected chi connectivity index (χ3v) is 7.95. The second kappa shape index (κ2) is 13.7. The molecule has 1 amide bonds. The fraction of sp³-hybridized carbons (Fsp3) is 0.154. The molecule has 0 aliphatic carbocycles. The van der Waals surface area contributed by atoms with Gasteiger partial charge in [0.15, 0.2) is 15.8 Å². The molecule has 0 bridgehead atoms. The monoisotopic (exact) mass is 660 g/mol. The predicted octanol–water partition coefficient (Wildman–Crippen LogP) is 6.95.